The summed E-state index contributed by atoms with van der Waals surface area (Å²) >= 11 is 0. The molecule has 0 aliphatic carbocycles. The van der Waals surface area contributed by atoms with Crippen LogP contribution in [0.25, 0.3) is 0 Å². The molecule has 1 saturated heterocycles. The molecule has 1 aromatic rings. The lowest BCUT2D eigenvalue weighted by molar-refractivity contribution is 0.0692. The lowest BCUT2D eigenvalue weighted by Gasteiger charge is -2.29. The first-order chi connectivity index (χ1) is 8.93. The van der Waals surface area contributed by atoms with Crippen molar-refractivity contribution in [1.29, 1.82) is 0 Å². The van der Waals surface area contributed by atoms with Gasteiger partial charge in [0.15, 0.2) is 0 Å². The summed E-state index contributed by atoms with van der Waals surface area (Å²) in [5.74, 6) is -1.24. The van der Waals surface area contributed by atoms with Crippen molar-refractivity contribution in [3.8, 4) is 0 Å². The fourth-order valence-corrected chi connectivity index (χ4v) is 3.78. The van der Waals surface area contributed by atoms with Crippen molar-refractivity contribution in [2.24, 2.45) is 5.73 Å². The molecule has 0 amide bonds. The molecule has 1 aliphatic heterocycles. The van der Waals surface area contributed by atoms with Crippen LogP contribution in [0.5, 0.6) is 0 Å². The standard InChI is InChI=1S/C12H16N2O4S/c13-9-5-7-14(8-6-9)19(17,18)11-4-2-1-3-10(11)12(15)16/h1-4,9H,5-8,13H2,(H,15,16). The second-order valence-corrected chi connectivity index (χ2v) is 6.45. The first kappa shape index (κ1) is 14.0. The predicted octanol–water partition coefficient (Wildman–Crippen LogP) is 0.497. The van der Waals surface area contributed by atoms with Gasteiger partial charge in [0, 0.05) is 19.1 Å². The Kier molecular flexibility index (Phi) is 3.88. The second-order valence-electron chi connectivity index (χ2n) is 4.54. The predicted molar refractivity (Wildman–Crippen MR) is 69.4 cm³/mol. The minimum Gasteiger partial charge on any atom is -0.478 e. The molecule has 104 valence electrons. The molecule has 0 unspecified atom stereocenters. The Hall–Kier alpha value is -1.44. The van der Waals surface area contributed by atoms with E-state index >= 15 is 0 Å². The molecular formula is C12H16N2O4S. The fraction of sp³-hybridized carbons (Fsp3) is 0.417. The third-order valence-electron chi connectivity index (χ3n) is 3.23. The van der Waals surface area contributed by atoms with Crippen LogP contribution in [0.15, 0.2) is 29.2 Å². The molecule has 0 saturated carbocycles. The average molecular weight is 284 g/mol. The van der Waals surface area contributed by atoms with Gasteiger partial charge in [0.1, 0.15) is 0 Å². The highest BCUT2D eigenvalue weighted by Gasteiger charge is 2.31. The van der Waals surface area contributed by atoms with Crippen LogP contribution in [0.4, 0.5) is 0 Å². The van der Waals surface area contributed by atoms with Crippen molar-refractivity contribution in [3.63, 3.8) is 0 Å². The molecule has 7 heteroatoms. The lowest BCUT2D eigenvalue weighted by Crippen LogP contribution is -2.43. The third-order valence-corrected chi connectivity index (χ3v) is 5.19. The van der Waals surface area contributed by atoms with Crippen LogP contribution < -0.4 is 5.73 Å². The number of carboxylic acid groups (broad SMARTS) is 1. The minimum atomic E-state index is -3.76. The Morgan fingerprint density at radius 1 is 1.26 bits per heavy atom. The van der Waals surface area contributed by atoms with E-state index in [9.17, 15) is 13.2 Å². The van der Waals surface area contributed by atoms with E-state index in [1.54, 1.807) is 0 Å². The van der Waals surface area contributed by atoms with Crippen LogP contribution in [0.3, 0.4) is 0 Å². The molecule has 0 spiro atoms. The van der Waals surface area contributed by atoms with Crippen molar-refractivity contribution in [2.45, 2.75) is 23.8 Å². The Labute approximate surface area is 111 Å². The molecule has 1 aliphatic rings. The van der Waals surface area contributed by atoms with Crippen molar-refractivity contribution >= 4 is 16.0 Å². The first-order valence-corrected chi connectivity index (χ1v) is 7.45. The van der Waals surface area contributed by atoms with Gasteiger partial charge in [0.2, 0.25) is 10.0 Å². The van der Waals surface area contributed by atoms with E-state index in [4.69, 9.17) is 10.8 Å². The van der Waals surface area contributed by atoms with Crippen molar-refractivity contribution in [2.75, 3.05) is 13.1 Å². The van der Waals surface area contributed by atoms with Crippen LogP contribution in [0.1, 0.15) is 23.2 Å². The van der Waals surface area contributed by atoms with Gasteiger partial charge in [-0.3, -0.25) is 0 Å². The summed E-state index contributed by atoms with van der Waals surface area (Å²) in [5.41, 5.74) is 5.54. The molecular weight excluding hydrogens is 268 g/mol. The molecule has 1 heterocycles. The maximum atomic E-state index is 12.4. The summed E-state index contributed by atoms with van der Waals surface area (Å²) in [6.45, 7) is 0.662. The van der Waals surface area contributed by atoms with E-state index < -0.39 is 16.0 Å². The Morgan fingerprint density at radius 2 is 1.84 bits per heavy atom. The van der Waals surface area contributed by atoms with E-state index in [1.807, 2.05) is 0 Å². The SMILES string of the molecule is NC1CCN(S(=O)(=O)c2ccccc2C(=O)O)CC1. The molecule has 0 radical (unpaired) electrons. The molecule has 0 atom stereocenters. The highest BCUT2D eigenvalue weighted by atomic mass is 32.2. The molecule has 0 aromatic heterocycles. The zero-order chi connectivity index (χ0) is 14.0. The van der Waals surface area contributed by atoms with Crippen LogP contribution in [-0.2, 0) is 10.0 Å². The molecule has 2 rings (SSSR count). The summed E-state index contributed by atoms with van der Waals surface area (Å²) in [6.07, 6.45) is 1.18. The lowest BCUT2D eigenvalue weighted by atomic mass is 10.1. The highest BCUT2D eigenvalue weighted by Crippen LogP contribution is 2.23. The van der Waals surface area contributed by atoms with E-state index in [0.29, 0.717) is 25.9 Å². The van der Waals surface area contributed by atoms with Gasteiger partial charge in [-0.05, 0) is 25.0 Å². The van der Waals surface area contributed by atoms with Gasteiger partial charge < -0.3 is 10.8 Å². The smallest absolute Gasteiger partial charge is 0.337 e. The zero-order valence-electron chi connectivity index (χ0n) is 10.3. The van der Waals surface area contributed by atoms with Gasteiger partial charge in [0.25, 0.3) is 0 Å². The summed E-state index contributed by atoms with van der Waals surface area (Å²) in [5, 5.41) is 9.07. The van der Waals surface area contributed by atoms with Gasteiger partial charge in [-0.15, -0.1) is 0 Å². The van der Waals surface area contributed by atoms with Crippen LogP contribution in [0, 0.1) is 0 Å². The maximum Gasteiger partial charge on any atom is 0.337 e. The monoisotopic (exact) mass is 284 g/mol. The van der Waals surface area contributed by atoms with Gasteiger partial charge in [0.05, 0.1) is 10.5 Å². The highest BCUT2D eigenvalue weighted by molar-refractivity contribution is 7.89. The number of sulfonamides is 1. The number of rotatable bonds is 3. The van der Waals surface area contributed by atoms with Crippen molar-refractivity contribution < 1.29 is 18.3 Å². The number of hydrogen-bond acceptors (Lipinski definition) is 4. The van der Waals surface area contributed by atoms with Crippen molar-refractivity contribution in [1.82, 2.24) is 4.31 Å². The number of carbonyl (C=O) groups is 1. The van der Waals surface area contributed by atoms with Crippen molar-refractivity contribution in [3.05, 3.63) is 29.8 Å². The van der Waals surface area contributed by atoms with Gasteiger partial charge in [-0.25, -0.2) is 13.2 Å². The number of benzene rings is 1. The summed E-state index contributed by atoms with van der Waals surface area (Å²) in [6, 6.07) is 5.67. The van der Waals surface area contributed by atoms with Crippen LogP contribution >= 0.6 is 0 Å². The number of nitrogens with zero attached hydrogens (tertiary/aromatic N) is 1. The minimum absolute atomic E-state index is 0.0150. The van der Waals surface area contributed by atoms with Crippen LogP contribution in [-0.4, -0.2) is 42.9 Å². The summed E-state index contributed by atoms with van der Waals surface area (Å²) in [4.78, 5) is 10.9. The Morgan fingerprint density at radius 3 is 2.42 bits per heavy atom. The van der Waals surface area contributed by atoms with E-state index in [-0.39, 0.29) is 16.5 Å². The molecule has 1 aromatic carbocycles. The fourth-order valence-electron chi connectivity index (χ4n) is 2.12. The molecule has 3 N–H and O–H groups in total. The maximum absolute atomic E-state index is 12.4. The quantitative estimate of drug-likeness (QED) is 0.841. The number of piperidine rings is 1. The number of carboxylic acids is 1. The zero-order valence-corrected chi connectivity index (χ0v) is 11.1. The topological polar surface area (TPSA) is 101 Å². The average Bonchev–Trinajstić information content (AvgIpc) is 2.39. The second kappa shape index (κ2) is 5.28. The van der Waals surface area contributed by atoms with Gasteiger partial charge >= 0.3 is 5.97 Å². The number of hydrogen-bond donors (Lipinski definition) is 2. The molecule has 6 nitrogen and oxygen atoms in total. The van der Waals surface area contributed by atoms with E-state index in [0.717, 1.165) is 0 Å². The molecule has 0 bridgehead atoms. The normalized spacial score (nSPS) is 18.4. The summed E-state index contributed by atoms with van der Waals surface area (Å²) in [7, 11) is -3.76. The first-order valence-electron chi connectivity index (χ1n) is 6.01. The largest absolute Gasteiger partial charge is 0.478 e. The van der Waals surface area contributed by atoms with E-state index in [2.05, 4.69) is 0 Å². The van der Waals surface area contributed by atoms with Crippen LogP contribution in [0.2, 0.25) is 0 Å². The third kappa shape index (κ3) is 2.78. The Balaban J connectivity index is 2.37. The number of nitrogens with two attached hydrogens (primary N) is 1. The van der Waals surface area contributed by atoms with E-state index in [1.165, 1.54) is 28.6 Å². The molecule has 19 heavy (non-hydrogen) atoms. The van der Waals surface area contributed by atoms with Gasteiger partial charge in [-0.2, -0.15) is 4.31 Å². The molecule has 1 fully saturated rings. The number of aromatic carboxylic acids is 1. The van der Waals surface area contributed by atoms with Gasteiger partial charge in [-0.1, -0.05) is 12.1 Å². The Bertz CT molecular complexity index is 577. The summed E-state index contributed by atoms with van der Waals surface area (Å²) < 4.78 is 26.2.